The molecule has 3 rings (SSSR count). The number of alkyl halides is 3. The first kappa shape index (κ1) is 26.7. The lowest BCUT2D eigenvalue weighted by Crippen LogP contribution is -2.53. The van der Waals surface area contributed by atoms with Gasteiger partial charge >= 0.3 is 6.18 Å². The molecule has 1 atom stereocenters. The molecule has 11 heteroatoms. The lowest BCUT2D eigenvalue weighted by molar-refractivity contribution is -0.137. The van der Waals surface area contributed by atoms with E-state index in [1.807, 2.05) is 31.2 Å². The zero-order valence-electron chi connectivity index (χ0n) is 19.4. The van der Waals surface area contributed by atoms with Crippen LogP contribution in [0, 0.1) is 6.92 Å². The Morgan fingerprint density at radius 1 is 1.06 bits per heavy atom. The molecule has 0 spiro atoms. The molecular formula is C24H28F3N3O4S. The second-order valence-electron chi connectivity index (χ2n) is 8.59. The van der Waals surface area contributed by atoms with Crippen molar-refractivity contribution in [1.29, 1.82) is 0 Å². The summed E-state index contributed by atoms with van der Waals surface area (Å²) in [6.45, 7) is 3.47. The largest absolute Gasteiger partial charge is 0.416 e. The molecule has 35 heavy (non-hydrogen) atoms. The highest BCUT2D eigenvalue weighted by atomic mass is 32.2. The fourth-order valence-electron chi connectivity index (χ4n) is 4.02. The number of rotatable bonds is 7. The van der Waals surface area contributed by atoms with Gasteiger partial charge in [0, 0.05) is 32.5 Å². The predicted octanol–water partition coefficient (Wildman–Crippen LogP) is 3.03. The molecular weight excluding hydrogens is 483 g/mol. The zero-order valence-corrected chi connectivity index (χ0v) is 20.2. The number of aryl methyl sites for hydroxylation is 1. The molecule has 2 amide bonds. The molecule has 1 fully saturated rings. The minimum atomic E-state index is -4.55. The van der Waals surface area contributed by atoms with E-state index in [-0.39, 0.29) is 35.8 Å². The summed E-state index contributed by atoms with van der Waals surface area (Å²) in [5.74, 6) is -0.691. The van der Waals surface area contributed by atoms with Crippen LogP contribution in [-0.2, 0) is 32.2 Å². The van der Waals surface area contributed by atoms with Gasteiger partial charge in [-0.15, -0.1) is 0 Å². The van der Waals surface area contributed by atoms with E-state index in [4.69, 9.17) is 0 Å². The number of nitrogens with zero attached hydrogens (tertiary/aromatic N) is 1. The van der Waals surface area contributed by atoms with Gasteiger partial charge in [-0.25, -0.2) is 8.42 Å². The summed E-state index contributed by atoms with van der Waals surface area (Å²) in [7, 11) is -3.96. The molecule has 1 aliphatic rings. The number of amides is 2. The van der Waals surface area contributed by atoms with E-state index < -0.39 is 27.8 Å². The normalized spacial score (nSPS) is 16.5. The molecule has 2 aromatic rings. The van der Waals surface area contributed by atoms with Crippen LogP contribution in [0.3, 0.4) is 0 Å². The lowest BCUT2D eigenvalue weighted by Gasteiger charge is -2.32. The number of benzene rings is 2. The Bertz CT molecular complexity index is 1160. The van der Waals surface area contributed by atoms with Crippen molar-refractivity contribution in [2.75, 3.05) is 13.1 Å². The third-order valence-corrected chi connectivity index (χ3v) is 7.91. The van der Waals surface area contributed by atoms with Crippen molar-refractivity contribution in [2.45, 2.75) is 56.3 Å². The average Bonchev–Trinajstić information content (AvgIpc) is 2.79. The molecule has 1 aliphatic heterocycles. The van der Waals surface area contributed by atoms with E-state index in [1.165, 1.54) is 11.2 Å². The van der Waals surface area contributed by atoms with Crippen LogP contribution in [0.1, 0.15) is 36.5 Å². The molecule has 0 saturated carbocycles. The Labute approximate surface area is 202 Å². The zero-order chi connectivity index (χ0) is 25.8. The fourth-order valence-corrected chi connectivity index (χ4v) is 5.49. The quantitative estimate of drug-likeness (QED) is 0.598. The van der Waals surface area contributed by atoms with Gasteiger partial charge in [-0.3, -0.25) is 9.59 Å². The molecule has 0 aliphatic carbocycles. The predicted molar refractivity (Wildman–Crippen MR) is 124 cm³/mol. The van der Waals surface area contributed by atoms with Crippen LogP contribution < -0.4 is 10.6 Å². The summed E-state index contributed by atoms with van der Waals surface area (Å²) < 4.78 is 65.2. The number of carbonyl (C=O) groups is 2. The van der Waals surface area contributed by atoms with Gasteiger partial charge in [0.1, 0.15) is 6.04 Å². The second-order valence-corrected chi connectivity index (χ2v) is 10.5. The van der Waals surface area contributed by atoms with Gasteiger partial charge in [0.05, 0.1) is 10.5 Å². The topological polar surface area (TPSA) is 95.6 Å². The van der Waals surface area contributed by atoms with Crippen molar-refractivity contribution in [2.24, 2.45) is 0 Å². The van der Waals surface area contributed by atoms with Crippen molar-refractivity contribution in [3.05, 3.63) is 65.2 Å². The van der Waals surface area contributed by atoms with Gasteiger partial charge in [0.2, 0.25) is 21.8 Å². The van der Waals surface area contributed by atoms with Crippen molar-refractivity contribution in [3.8, 4) is 0 Å². The Balaban J connectivity index is 1.61. The number of hydrogen-bond donors (Lipinski definition) is 2. The van der Waals surface area contributed by atoms with Crippen LogP contribution in [0.4, 0.5) is 13.2 Å². The molecule has 1 saturated heterocycles. The SMILES string of the molecule is CC(=O)N[C@@H](Cc1ccccc1C)C(=O)NC1CCN(S(=O)(=O)c2ccc(C(F)(F)F)cc2)CC1. The number of sulfonamides is 1. The summed E-state index contributed by atoms with van der Waals surface area (Å²) in [6.07, 6.45) is -3.56. The van der Waals surface area contributed by atoms with Crippen LogP contribution in [0.5, 0.6) is 0 Å². The van der Waals surface area contributed by atoms with Crippen LogP contribution in [0.2, 0.25) is 0 Å². The first-order chi connectivity index (χ1) is 16.4. The van der Waals surface area contributed by atoms with Gasteiger partial charge in [0.15, 0.2) is 0 Å². The number of piperidine rings is 1. The highest BCUT2D eigenvalue weighted by Crippen LogP contribution is 2.30. The monoisotopic (exact) mass is 511 g/mol. The minimum Gasteiger partial charge on any atom is -0.351 e. The number of carbonyl (C=O) groups excluding carboxylic acids is 2. The van der Waals surface area contributed by atoms with Crippen molar-refractivity contribution in [3.63, 3.8) is 0 Å². The molecule has 2 N–H and O–H groups in total. The Morgan fingerprint density at radius 2 is 1.66 bits per heavy atom. The summed E-state index contributed by atoms with van der Waals surface area (Å²) in [6, 6.07) is 9.89. The molecule has 0 unspecified atom stereocenters. The van der Waals surface area contributed by atoms with Crippen LogP contribution >= 0.6 is 0 Å². The minimum absolute atomic E-state index is 0.108. The maximum atomic E-state index is 12.9. The van der Waals surface area contributed by atoms with E-state index >= 15 is 0 Å². The Morgan fingerprint density at radius 3 is 2.20 bits per heavy atom. The first-order valence-electron chi connectivity index (χ1n) is 11.2. The first-order valence-corrected chi connectivity index (χ1v) is 12.6. The highest BCUT2D eigenvalue weighted by molar-refractivity contribution is 7.89. The average molecular weight is 512 g/mol. The van der Waals surface area contributed by atoms with Crippen LogP contribution in [0.15, 0.2) is 53.4 Å². The van der Waals surface area contributed by atoms with Gasteiger partial charge in [-0.2, -0.15) is 17.5 Å². The van der Waals surface area contributed by atoms with Crippen molar-refractivity contribution < 1.29 is 31.2 Å². The summed E-state index contributed by atoms with van der Waals surface area (Å²) >= 11 is 0. The number of halogens is 3. The van der Waals surface area contributed by atoms with Gasteiger partial charge in [-0.1, -0.05) is 24.3 Å². The van der Waals surface area contributed by atoms with E-state index in [2.05, 4.69) is 10.6 Å². The van der Waals surface area contributed by atoms with E-state index in [0.717, 1.165) is 35.4 Å². The third kappa shape index (κ3) is 6.82. The smallest absolute Gasteiger partial charge is 0.351 e. The third-order valence-electron chi connectivity index (χ3n) is 6.00. The van der Waals surface area contributed by atoms with Gasteiger partial charge < -0.3 is 10.6 Å². The molecule has 0 aromatic heterocycles. The molecule has 0 radical (unpaired) electrons. The number of hydrogen-bond acceptors (Lipinski definition) is 4. The molecule has 0 bridgehead atoms. The van der Waals surface area contributed by atoms with Crippen molar-refractivity contribution >= 4 is 21.8 Å². The maximum Gasteiger partial charge on any atom is 0.416 e. The standard InChI is InChI=1S/C24H28F3N3O4S/c1-16-5-3-4-6-18(16)15-22(28-17(2)31)23(32)29-20-11-13-30(14-12-20)35(33,34)21-9-7-19(8-10-21)24(25,26)27/h3-10,20,22H,11-15H2,1-2H3,(H,28,31)(H,29,32)/t22-/m0/s1. The van der Waals surface area contributed by atoms with Crippen LogP contribution in [-0.4, -0.2) is 49.7 Å². The summed E-state index contributed by atoms with van der Waals surface area (Å²) in [4.78, 5) is 24.4. The molecule has 190 valence electrons. The lowest BCUT2D eigenvalue weighted by atomic mass is 9.99. The highest BCUT2D eigenvalue weighted by Gasteiger charge is 2.33. The second kappa shape index (κ2) is 10.8. The Hall–Kier alpha value is -2.92. The van der Waals surface area contributed by atoms with E-state index in [0.29, 0.717) is 19.3 Å². The van der Waals surface area contributed by atoms with Gasteiger partial charge in [-0.05, 0) is 55.2 Å². The Kier molecular flexibility index (Phi) is 8.22. The van der Waals surface area contributed by atoms with Crippen molar-refractivity contribution in [1.82, 2.24) is 14.9 Å². The van der Waals surface area contributed by atoms with E-state index in [1.54, 1.807) is 0 Å². The molecule has 1 heterocycles. The molecule has 2 aromatic carbocycles. The summed E-state index contributed by atoms with van der Waals surface area (Å²) in [5, 5.41) is 5.58. The van der Waals surface area contributed by atoms with Crippen LogP contribution in [0.25, 0.3) is 0 Å². The van der Waals surface area contributed by atoms with Gasteiger partial charge in [0.25, 0.3) is 0 Å². The number of nitrogens with one attached hydrogen (secondary N) is 2. The molecule has 7 nitrogen and oxygen atoms in total. The summed E-state index contributed by atoms with van der Waals surface area (Å²) in [5.41, 5.74) is 1.01. The van der Waals surface area contributed by atoms with E-state index in [9.17, 15) is 31.2 Å². The maximum absolute atomic E-state index is 12.9. The fraction of sp³-hybridized carbons (Fsp3) is 0.417.